The topological polar surface area (TPSA) is 114 Å². The number of quaternary nitrogens is 1. The minimum atomic E-state index is -4.72. The molecule has 0 aliphatic heterocycles. The normalized spacial score (nSPS) is 14.2. The van der Waals surface area contributed by atoms with Crippen molar-refractivity contribution in [3.05, 3.63) is 122 Å². The van der Waals surface area contributed by atoms with Gasteiger partial charge in [-0.25, -0.2) is 0 Å². The van der Waals surface area contributed by atoms with Crippen molar-refractivity contribution in [2.45, 2.75) is 322 Å². The van der Waals surface area contributed by atoms with Crippen LogP contribution in [0.3, 0.4) is 0 Å². The van der Waals surface area contributed by atoms with Crippen molar-refractivity contribution in [2.24, 2.45) is 0 Å². The molecule has 1 amide bonds. The van der Waals surface area contributed by atoms with Crippen molar-refractivity contribution < 1.29 is 37.3 Å². The van der Waals surface area contributed by atoms with Crippen molar-refractivity contribution in [1.82, 2.24) is 5.32 Å². The zero-order chi connectivity index (χ0) is 64.2. The summed E-state index contributed by atoms with van der Waals surface area (Å²) < 4.78 is 30.5. The molecule has 3 unspecified atom stereocenters. The van der Waals surface area contributed by atoms with Crippen molar-refractivity contribution in [3.8, 4) is 0 Å². The summed E-state index contributed by atoms with van der Waals surface area (Å²) in [5, 5.41) is 3.04. The Bertz CT molecular complexity index is 1920. The van der Waals surface area contributed by atoms with Crippen LogP contribution < -0.4 is 10.2 Å². The number of phosphoric ester groups is 1. The Hall–Kier alpha value is -3.59. The van der Waals surface area contributed by atoms with E-state index in [1.165, 1.54) is 141 Å². The number of carbonyl (C=O) groups is 2. The number of rotatable bonds is 65. The molecule has 0 aliphatic rings. The lowest BCUT2D eigenvalue weighted by Gasteiger charge is -2.30. The molecule has 10 heteroatoms. The number of nitrogens with zero attached hydrogens (tertiary/aromatic N) is 1. The number of amides is 1. The third-order valence-corrected chi connectivity index (χ3v) is 16.6. The fourth-order valence-corrected chi connectivity index (χ4v) is 10.8. The molecule has 0 aromatic heterocycles. The first-order valence-electron chi connectivity index (χ1n) is 36.3. The van der Waals surface area contributed by atoms with Gasteiger partial charge in [0.2, 0.25) is 5.91 Å². The Labute approximate surface area is 543 Å². The molecule has 0 heterocycles. The highest BCUT2D eigenvalue weighted by atomic mass is 31.2. The van der Waals surface area contributed by atoms with E-state index in [1.807, 2.05) is 33.3 Å². The Balaban J connectivity index is 5.09. The SMILES string of the molecule is CC/C=C\C/C=C\C/C=C\C/C=C\C/C=C\CCCCCCCCCCCC(=O)NC(COP(=O)([O-])OCC[N+](C)(C)C)C(/C=C/CCCCCCCCCCCC)OC(=O)CCCCCCCCCCC/C=C\C/C=C\C/C=C\C/C=C\CCCCC. The average molecular weight is 1250 g/mol. The zero-order valence-corrected chi connectivity index (χ0v) is 58.8. The number of likely N-dealkylation sites (N-methyl/N-ethyl adjacent to an activating group) is 1. The van der Waals surface area contributed by atoms with Gasteiger partial charge in [0.15, 0.2) is 0 Å². The number of carbonyl (C=O) groups excluding carboxylic acids is 2. The lowest BCUT2D eigenvalue weighted by atomic mass is 10.0. The van der Waals surface area contributed by atoms with E-state index < -0.39 is 26.6 Å². The van der Waals surface area contributed by atoms with Crippen LogP contribution in [0.2, 0.25) is 0 Å². The van der Waals surface area contributed by atoms with E-state index in [-0.39, 0.29) is 24.9 Å². The summed E-state index contributed by atoms with van der Waals surface area (Å²) in [6, 6.07) is -0.904. The number of unbranched alkanes of at least 4 members (excludes halogenated alkanes) is 31. The third kappa shape index (κ3) is 66.8. The minimum absolute atomic E-state index is 0.0301. The van der Waals surface area contributed by atoms with Crippen LogP contribution in [0.4, 0.5) is 0 Å². The molecule has 1 N–H and O–H groups in total. The summed E-state index contributed by atoms with van der Waals surface area (Å²) in [4.78, 5) is 40.2. The van der Waals surface area contributed by atoms with Gasteiger partial charge in [0.25, 0.3) is 7.82 Å². The first-order chi connectivity index (χ1) is 42.9. The number of hydrogen-bond acceptors (Lipinski definition) is 7. The maximum Gasteiger partial charge on any atom is 0.306 e. The number of phosphoric acid groups is 1. The maximum absolute atomic E-state index is 13.6. The molecule has 0 radical (unpaired) electrons. The molecule has 0 spiro atoms. The van der Waals surface area contributed by atoms with E-state index in [1.54, 1.807) is 0 Å². The highest BCUT2D eigenvalue weighted by Crippen LogP contribution is 2.38. The lowest BCUT2D eigenvalue weighted by Crippen LogP contribution is -2.47. The minimum Gasteiger partial charge on any atom is -0.756 e. The Morgan fingerprint density at radius 1 is 0.409 bits per heavy atom. The smallest absolute Gasteiger partial charge is 0.306 e. The van der Waals surface area contributed by atoms with E-state index in [0.717, 1.165) is 135 Å². The molecular formula is C78H137N2O7P. The molecule has 0 aromatic rings. The van der Waals surface area contributed by atoms with E-state index >= 15 is 0 Å². The maximum atomic E-state index is 13.6. The fourth-order valence-electron chi connectivity index (χ4n) is 10.1. The first-order valence-corrected chi connectivity index (χ1v) is 37.8. The number of nitrogens with one attached hydrogen (secondary N) is 1. The van der Waals surface area contributed by atoms with Crippen molar-refractivity contribution >= 4 is 19.7 Å². The van der Waals surface area contributed by atoms with Crippen LogP contribution in [0.5, 0.6) is 0 Å². The number of ether oxygens (including phenoxy) is 1. The number of esters is 1. The molecule has 0 rings (SSSR count). The van der Waals surface area contributed by atoms with Gasteiger partial charge in [-0.05, 0) is 122 Å². The summed E-state index contributed by atoms with van der Waals surface area (Å²) in [7, 11) is 1.17. The highest BCUT2D eigenvalue weighted by molar-refractivity contribution is 7.45. The van der Waals surface area contributed by atoms with Crippen LogP contribution >= 0.6 is 7.82 Å². The van der Waals surface area contributed by atoms with E-state index in [0.29, 0.717) is 17.4 Å². The standard InChI is InChI=1S/C78H137N2O7P/c1-7-10-13-16-19-22-25-28-30-32-34-36-38-40-42-44-46-48-50-52-55-58-61-64-67-70-77(81)79-75(74-86-88(83,84)85-73-72-80(4,5)6)76(69-66-63-60-57-54-27-24-21-18-15-12-9-3)87-78(82)71-68-65-62-59-56-53-51-49-47-45-43-41-39-37-35-33-31-29-26-23-20-17-14-11-8-2/h10,13,19-20,22-23,28-31,34-37,40-43,66,69,75-76H,7-9,11-12,14-18,21,24-27,32-33,38-39,44-65,67-68,70-74H2,1-6H3,(H-,79,81,83,84)/b13-10-,22-19-,23-20-,30-28-,31-29-,36-34-,37-35-,42-40-,43-41-,69-66+. The Morgan fingerprint density at radius 2 is 0.727 bits per heavy atom. The van der Waals surface area contributed by atoms with E-state index in [4.69, 9.17) is 13.8 Å². The van der Waals surface area contributed by atoms with Crippen LogP contribution in [0.25, 0.3) is 0 Å². The van der Waals surface area contributed by atoms with E-state index in [9.17, 15) is 19.0 Å². The monoisotopic (exact) mass is 1250 g/mol. The molecule has 88 heavy (non-hydrogen) atoms. The van der Waals surface area contributed by atoms with Gasteiger partial charge in [0.05, 0.1) is 33.8 Å². The molecule has 0 aromatic carbocycles. The van der Waals surface area contributed by atoms with Crippen LogP contribution in [-0.4, -0.2) is 69.4 Å². The molecule has 0 bridgehead atoms. The average Bonchev–Trinajstić information content (AvgIpc) is 3.71. The lowest BCUT2D eigenvalue weighted by molar-refractivity contribution is -0.870. The second-order valence-electron chi connectivity index (χ2n) is 25.4. The first kappa shape index (κ1) is 84.4. The summed E-state index contributed by atoms with van der Waals surface area (Å²) in [5.41, 5.74) is 0. The predicted octanol–water partition coefficient (Wildman–Crippen LogP) is 22.8. The molecule has 506 valence electrons. The van der Waals surface area contributed by atoms with Crippen LogP contribution in [0.15, 0.2) is 122 Å². The molecule has 0 fully saturated rings. The Morgan fingerprint density at radius 3 is 1.11 bits per heavy atom. The van der Waals surface area contributed by atoms with Gasteiger partial charge in [0, 0.05) is 12.8 Å². The zero-order valence-electron chi connectivity index (χ0n) is 57.9. The quantitative estimate of drug-likeness (QED) is 0.0212. The molecule has 0 saturated carbocycles. The summed E-state index contributed by atoms with van der Waals surface area (Å²) >= 11 is 0. The third-order valence-electron chi connectivity index (χ3n) is 15.6. The van der Waals surface area contributed by atoms with Gasteiger partial charge in [-0.1, -0.05) is 297 Å². The molecular weight excluding hydrogens is 1110 g/mol. The molecule has 0 saturated heterocycles. The largest absolute Gasteiger partial charge is 0.756 e. The van der Waals surface area contributed by atoms with Gasteiger partial charge < -0.3 is 28.5 Å². The van der Waals surface area contributed by atoms with Crippen molar-refractivity contribution in [3.63, 3.8) is 0 Å². The van der Waals surface area contributed by atoms with Crippen molar-refractivity contribution in [1.29, 1.82) is 0 Å². The molecule has 0 aliphatic carbocycles. The second kappa shape index (κ2) is 66.3. The van der Waals surface area contributed by atoms with Crippen molar-refractivity contribution in [2.75, 3.05) is 40.9 Å². The highest BCUT2D eigenvalue weighted by Gasteiger charge is 2.27. The molecule has 9 nitrogen and oxygen atoms in total. The van der Waals surface area contributed by atoms with Gasteiger partial charge in [-0.15, -0.1) is 0 Å². The molecule has 3 atom stereocenters. The van der Waals surface area contributed by atoms with Crippen LogP contribution in [0.1, 0.15) is 310 Å². The number of allylic oxidation sites excluding steroid dienone is 19. The predicted molar refractivity (Wildman–Crippen MR) is 380 cm³/mol. The van der Waals surface area contributed by atoms with Gasteiger partial charge in [0.1, 0.15) is 19.3 Å². The van der Waals surface area contributed by atoms with E-state index in [2.05, 4.69) is 135 Å². The van der Waals surface area contributed by atoms with Crippen LogP contribution in [0, 0.1) is 0 Å². The van der Waals surface area contributed by atoms with Crippen LogP contribution in [-0.2, 0) is 27.9 Å². The number of hydrogen-bond donors (Lipinski definition) is 1. The summed E-state index contributed by atoms with van der Waals surface area (Å²) in [5.74, 6) is -0.555. The van der Waals surface area contributed by atoms with Gasteiger partial charge >= 0.3 is 5.97 Å². The van der Waals surface area contributed by atoms with Gasteiger partial charge in [-0.3, -0.25) is 14.2 Å². The second-order valence-corrected chi connectivity index (χ2v) is 26.8. The van der Waals surface area contributed by atoms with Gasteiger partial charge in [-0.2, -0.15) is 0 Å². The summed E-state index contributed by atoms with van der Waals surface area (Å²) in [6.07, 6.45) is 93.2. The summed E-state index contributed by atoms with van der Waals surface area (Å²) in [6.45, 7) is 6.70. The fraction of sp³-hybridized carbons (Fsp3) is 0.718. The Kier molecular flexibility index (Phi) is 63.6.